The summed E-state index contributed by atoms with van der Waals surface area (Å²) in [5, 5.41) is 0. The molecule has 0 rings (SSSR count). The van der Waals surface area contributed by atoms with Crippen LogP contribution >= 0.6 is 7.82 Å². The number of rotatable bonds is 51. The number of unbranched alkanes of at least 4 members (excludes halogenated alkanes) is 25. The molecule has 0 N–H and O–H groups in total. The first kappa shape index (κ1) is 64.9. The third kappa shape index (κ3) is 54.7. The van der Waals surface area contributed by atoms with Crippen LogP contribution in [0.15, 0.2) is 72.9 Å². The molecule has 9 heteroatoms. The monoisotopic (exact) mass is 960 g/mol. The van der Waals surface area contributed by atoms with E-state index in [1.54, 1.807) is 0 Å². The van der Waals surface area contributed by atoms with Gasteiger partial charge in [0, 0.05) is 13.0 Å². The molecule has 0 bridgehead atoms. The fraction of sp³-hybridized carbons (Fsp3) is 0.776. The summed E-state index contributed by atoms with van der Waals surface area (Å²) in [6.07, 6.45) is 66.5. The Morgan fingerprint density at radius 1 is 0.478 bits per heavy atom. The van der Waals surface area contributed by atoms with Gasteiger partial charge >= 0.3 is 5.97 Å². The summed E-state index contributed by atoms with van der Waals surface area (Å²) < 4.78 is 34.8. The summed E-state index contributed by atoms with van der Waals surface area (Å²) in [7, 11) is 1.34. The van der Waals surface area contributed by atoms with Crippen molar-refractivity contribution in [3.63, 3.8) is 0 Å². The van der Waals surface area contributed by atoms with E-state index in [1.165, 1.54) is 128 Å². The average Bonchev–Trinajstić information content (AvgIpc) is 3.29. The van der Waals surface area contributed by atoms with Gasteiger partial charge in [-0.3, -0.25) is 9.36 Å². The second kappa shape index (κ2) is 50.3. The molecule has 0 aromatic heterocycles. The van der Waals surface area contributed by atoms with Gasteiger partial charge in [0.15, 0.2) is 0 Å². The molecule has 0 aliphatic rings. The van der Waals surface area contributed by atoms with Gasteiger partial charge in [0.05, 0.1) is 34.4 Å². The molecule has 67 heavy (non-hydrogen) atoms. The Bertz CT molecular complexity index is 1300. The van der Waals surface area contributed by atoms with Crippen LogP contribution in [0.25, 0.3) is 0 Å². The van der Waals surface area contributed by atoms with E-state index in [4.69, 9.17) is 18.5 Å². The lowest BCUT2D eigenvalue weighted by molar-refractivity contribution is -0.870. The van der Waals surface area contributed by atoms with E-state index in [0.717, 1.165) is 83.5 Å². The van der Waals surface area contributed by atoms with Gasteiger partial charge in [-0.2, -0.15) is 0 Å². The van der Waals surface area contributed by atoms with Crippen LogP contribution in [-0.4, -0.2) is 70.7 Å². The predicted molar refractivity (Wildman–Crippen MR) is 286 cm³/mol. The van der Waals surface area contributed by atoms with Gasteiger partial charge in [-0.1, -0.05) is 215 Å². The number of likely N-dealkylation sites (N-methyl/N-ethyl adjacent to an activating group) is 1. The quantitative estimate of drug-likeness (QED) is 0.0197. The third-order valence-corrected chi connectivity index (χ3v) is 12.7. The second-order valence-corrected chi connectivity index (χ2v) is 21.0. The molecule has 0 saturated carbocycles. The Balaban J connectivity index is 4.14. The van der Waals surface area contributed by atoms with Crippen molar-refractivity contribution in [3.8, 4) is 0 Å². The lowest BCUT2D eigenvalue weighted by atomic mass is 10.0. The molecule has 0 heterocycles. The number of phosphoric acid groups is 1. The maximum atomic E-state index is 12.8. The molecule has 8 nitrogen and oxygen atoms in total. The van der Waals surface area contributed by atoms with Crippen LogP contribution in [-0.2, 0) is 27.9 Å². The molecule has 0 aliphatic heterocycles. The number of nitrogens with zero attached hydrogens (tertiary/aromatic N) is 1. The van der Waals surface area contributed by atoms with Crippen LogP contribution in [0.2, 0.25) is 0 Å². The van der Waals surface area contributed by atoms with Crippen molar-refractivity contribution in [2.75, 3.05) is 54.1 Å². The summed E-state index contributed by atoms with van der Waals surface area (Å²) >= 11 is 0. The normalized spacial score (nSPS) is 14.1. The van der Waals surface area contributed by atoms with E-state index >= 15 is 0 Å². The van der Waals surface area contributed by atoms with E-state index in [2.05, 4.69) is 86.8 Å². The molecule has 0 aromatic carbocycles. The maximum absolute atomic E-state index is 12.8. The summed E-state index contributed by atoms with van der Waals surface area (Å²) in [4.78, 5) is 25.2. The first-order valence-corrected chi connectivity index (χ1v) is 29.1. The predicted octanol–water partition coefficient (Wildman–Crippen LogP) is 16.8. The second-order valence-electron chi connectivity index (χ2n) is 19.6. The molecule has 0 saturated heterocycles. The molecule has 0 aliphatic carbocycles. The number of carbonyl (C=O) groups excluding carboxylic acids is 1. The number of ether oxygens (including phenoxy) is 2. The summed E-state index contributed by atoms with van der Waals surface area (Å²) in [5.74, 6) is -0.352. The van der Waals surface area contributed by atoms with E-state index in [-0.39, 0.29) is 32.2 Å². The van der Waals surface area contributed by atoms with Gasteiger partial charge in [-0.15, -0.1) is 0 Å². The van der Waals surface area contributed by atoms with Gasteiger partial charge in [0.25, 0.3) is 7.82 Å². The highest BCUT2D eigenvalue weighted by Gasteiger charge is 2.20. The smallest absolute Gasteiger partial charge is 0.306 e. The Hall–Kier alpha value is -2.06. The Labute approximate surface area is 414 Å². The fourth-order valence-corrected chi connectivity index (χ4v) is 8.24. The molecule has 0 amide bonds. The van der Waals surface area contributed by atoms with Crippen molar-refractivity contribution < 1.29 is 37.3 Å². The zero-order valence-electron chi connectivity index (χ0n) is 44.3. The molecule has 390 valence electrons. The number of carbonyl (C=O) groups is 1. The highest BCUT2D eigenvalue weighted by molar-refractivity contribution is 7.45. The lowest BCUT2D eigenvalue weighted by Gasteiger charge is -2.28. The Morgan fingerprint density at radius 3 is 1.31 bits per heavy atom. The third-order valence-electron chi connectivity index (χ3n) is 11.7. The molecule has 0 fully saturated rings. The molecular weight excluding hydrogens is 854 g/mol. The summed E-state index contributed by atoms with van der Waals surface area (Å²) in [6.45, 7) is 5.29. The van der Waals surface area contributed by atoms with E-state index in [9.17, 15) is 14.3 Å². The highest BCUT2D eigenvalue weighted by atomic mass is 31.2. The fourth-order valence-electron chi connectivity index (χ4n) is 7.51. The minimum absolute atomic E-state index is 0.0191. The number of hydrogen-bond donors (Lipinski definition) is 0. The van der Waals surface area contributed by atoms with Crippen LogP contribution in [0, 0.1) is 0 Å². The van der Waals surface area contributed by atoms with Crippen LogP contribution in [0.4, 0.5) is 0 Å². The van der Waals surface area contributed by atoms with Gasteiger partial charge in [0.1, 0.15) is 19.3 Å². The van der Waals surface area contributed by atoms with E-state index in [0.29, 0.717) is 17.6 Å². The zero-order valence-corrected chi connectivity index (χ0v) is 45.2. The lowest BCUT2D eigenvalue weighted by Crippen LogP contribution is -2.37. The van der Waals surface area contributed by atoms with Crippen LogP contribution in [0.5, 0.6) is 0 Å². The molecular formula is C58H106NO7P. The van der Waals surface area contributed by atoms with E-state index in [1.807, 2.05) is 21.1 Å². The Kier molecular flexibility index (Phi) is 48.8. The molecule has 0 aromatic rings. The van der Waals surface area contributed by atoms with Crippen molar-refractivity contribution in [1.82, 2.24) is 0 Å². The molecule has 2 unspecified atom stereocenters. The Morgan fingerprint density at radius 2 is 0.866 bits per heavy atom. The number of phosphoric ester groups is 1. The number of hydrogen-bond acceptors (Lipinski definition) is 7. The first-order chi connectivity index (χ1) is 32.6. The number of esters is 1. The number of quaternary nitrogens is 1. The highest BCUT2D eigenvalue weighted by Crippen LogP contribution is 2.38. The van der Waals surface area contributed by atoms with Crippen molar-refractivity contribution in [3.05, 3.63) is 72.9 Å². The average molecular weight is 960 g/mol. The largest absolute Gasteiger partial charge is 0.756 e. The van der Waals surface area contributed by atoms with Crippen molar-refractivity contribution in [1.29, 1.82) is 0 Å². The van der Waals surface area contributed by atoms with Crippen molar-refractivity contribution >= 4 is 13.8 Å². The van der Waals surface area contributed by atoms with Gasteiger partial charge in [0.2, 0.25) is 0 Å². The minimum atomic E-state index is -4.54. The van der Waals surface area contributed by atoms with Crippen LogP contribution < -0.4 is 4.89 Å². The van der Waals surface area contributed by atoms with Crippen molar-refractivity contribution in [2.45, 2.75) is 238 Å². The maximum Gasteiger partial charge on any atom is 0.306 e. The van der Waals surface area contributed by atoms with Crippen LogP contribution in [0.1, 0.15) is 232 Å². The minimum Gasteiger partial charge on any atom is -0.756 e. The first-order valence-electron chi connectivity index (χ1n) is 27.7. The molecule has 0 spiro atoms. The van der Waals surface area contributed by atoms with Gasteiger partial charge in [-0.25, -0.2) is 0 Å². The van der Waals surface area contributed by atoms with Crippen LogP contribution in [0.3, 0.4) is 0 Å². The molecule has 0 radical (unpaired) electrons. The summed E-state index contributed by atoms with van der Waals surface area (Å²) in [5.41, 5.74) is 0. The SMILES string of the molecule is CC/C=C\C/C=C\C/C=C\C/C=C\C/C=C\CCCCCCCC(=O)OC(COCCCCCCCCCCCCCC/C=C\CCCCCCCCCC)COP(=O)([O-])OCC[N+](C)(C)C. The standard InChI is InChI=1S/C58H106NO7P/c1-6-8-10-12-14-16-18-20-22-24-26-28-29-30-32-34-36-38-40-42-44-46-48-50-53-63-55-57(56-65-67(61,62)64-54-52-59(3,4)5)66-58(60)51-49-47-45-43-41-39-37-35-33-31-27-25-23-21-19-17-15-13-11-9-7-2/h9,11,15,17,21,23-24,26-27,31,35,37,57H,6-8,10,12-14,16,18-20,22,25,28-30,32-34,36,38-56H2,1-5H3/b11-9-,17-15-,23-21-,26-24-,31-27-,37-35-. The van der Waals surface area contributed by atoms with E-state index < -0.39 is 13.9 Å². The zero-order chi connectivity index (χ0) is 49.0. The summed E-state index contributed by atoms with van der Waals surface area (Å²) in [6, 6.07) is 0. The van der Waals surface area contributed by atoms with Gasteiger partial charge in [-0.05, 0) is 83.5 Å². The number of allylic oxidation sites excluding steroid dienone is 12. The molecule has 2 atom stereocenters. The topological polar surface area (TPSA) is 94.1 Å². The van der Waals surface area contributed by atoms with Crippen molar-refractivity contribution in [2.24, 2.45) is 0 Å². The van der Waals surface area contributed by atoms with Gasteiger partial charge < -0.3 is 27.9 Å².